The van der Waals surface area contributed by atoms with Crippen molar-refractivity contribution >= 4 is 11.8 Å². The first-order valence-corrected chi connectivity index (χ1v) is 9.70. The molecule has 1 heterocycles. The zero-order valence-electron chi connectivity index (χ0n) is 16.6. The molecule has 2 amide bonds. The Kier molecular flexibility index (Phi) is 4.70. The highest BCUT2D eigenvalue weighted by Gasteiger charge is 2.45. The average Bonchev–Trinajstić information content (AvgIpc) is 3.43. The van der Waals surface area contributed by atoms with Crippen molar-refractivity contribution in [2.75, 3.05) is 0 Å². The summed E-state index contributed by atoms with van der Waals surface area (Å²) in [7, 11) is 0. The van der Waals surface area contributed by atoms with E-state index in [4.69, 9.17) is 5.73 Å². The molecule has 0 bridgehead atoms. The molecule has 1 aliphatic carbocycles. The smallest absolute Gasteiger partial charge is 0.251 e. The second kappa shape index (κ2) is 7.20. The van der Waals surface area contributed by atoms with Crippen LogP contribution in [0.4, 0.5) is 0 Å². The van der Waals surface area contributed by atoms with Crippen molar-refractivity contribution in [2.24, 2.45) is 5.73 Å². The first kappa shape index (κ1) is 18.9. The molecule has 148 valence electrons. The van der Waals surface area contributed by atoms with Gasteiger partial charge in [0.2, 0.25) is 5.91 Å². The molecule has 3 aromatic rings. The lowest BCUT2D eigenvalue weighted by Crippen LogP contribution is -2.34. The largest absolute Gasteiger partial charge is 0.368 e. The van der Waals surface area contributed by atoms with E-state index in [1.54, 1.807) is 4.68 Å². The van der Waals surface area contributed by atoms with E-state index >= 15 is 0 Å². The van der Waals surface area contributed by atoms with Crippen LogP contribution in [0, 0.1) is 13.8 Å². The van der Waals surface area contributed by atoms with Crippen LogP contribution >= 0.6 is 0 Å². The standard InChI is InChI=1S/C23H24N4O2/c1-15-21(16(2)27(26-15)14-20(24)28)17-8-10-18(11-9-17)22(29)25-23(12-13-23)19-6-4-3-5-7-19/h3-11H,12-14H2,1-2H3,(H2,24,28)(H,25,29). The molecule has 0 atom stereocenters. The van der Waals surface area contributed by atoms with Crippen molar-refractivity contribution in [3.8, 4) is 11.1 Å². The van der Waals surface area contributed by atoms with Crippen LogP contribution in [-0.4, -0.2) is 21.6 Å². The Morgan fingerprint density at radius 2 is 1.72 bits per heavy atom. The Balaban J connectivity index is 1.54. The molecule has 3 N–H and O–H groups in total. The van der Waals surface area contributed by atoms with Gasteiger partial charge in [-0.15, -0.1) is 0 Å². The van der Waals surface area contributed by atoms with E-state index in [1.165, 1.54) is 0 Å². The highest BCUT2D eigenvalue weighted by atomic mass is 16.2. The SMILES string of the molecule is Cc1nn(CC(N)=O)c(C)c1-c1ccc(C(=O)NC2(c3ccccc3)CC2)cc1. The first-order valence-electron chi connectivity index (χ1n) is 9.70. The molecule has 0 spiro atoms. The van der Waals surface area contributed by atoms with Gasteiger partial charge in [-0.25, -0.2) is 0 Å². The Bertz CT molecular complexity index is 1060. The molecule has 2 aromatic carbocycles. The topological polar surface area (TPSA) is 90.0 Å². The highest BCUT2D eigenvalue weighted by molar-refractivity contribution is 5.95. The highest BCUT2D eigenvalue weighted by Crippen LogP contribution is 2.45. The lowest BCUT2D eigenvalue weighted by molar-refractivity contribution is -0.118. The fourth-order valence-electron chi connectivity index (χ4n) is 3.86. The Hall–Kier alpha value is -3.41. The predicted octanol–water partition coefficient (Wildman–Crippen LogP) is 3.07. The lowest BCUT2D eigenvalue weighted by Gasteiger charge is -2.18. The van der Waals surface area contributed by atoms with E-state index in [-0.39, 0.29) is 18.0 Å². The van der Waals surface area contributed by atoms with Gasteiger partial charge < -0.3 is 11.1 Å². The fraction of sp³-hybridized carbons (Fsp3) is 0.261. The number of carbonyl (C=O) groups is 2. The van der Waals surface area contributed by atoms with Crippen molar-refractivity contribution in [3.05, 3.63) is 77.1 Å². The van der Waals surface area contributed by atoms with Gasteiger partial charge in [0.15, 0.2) is 0 Å². The molecule has 1 aromatic heterocycles. The number of hydrogen-bond acceptors (Lipinski definition) is 3. The van der Waals surface area contributed by atoms with Crippen molar-refractivity contribution in [2.45, 2.75) is 38.8 Å². The fourth-order valence-corrected chi connectivity index (χ4v) is 3.86. The van der Waals surface area contributed by atoms with Gasteiger partial charge in [-0.2, -0.15) is 5.10 Å². The van der Waals surface area contributed by atoms with Crippen molar-refractivity contribution in [1.29, 1.82) is 0 Å². The number of primary amides is 1. The number of nitrogens with two attached hydrogens (primary N) is 1. The van der Waals surface area contributed by atoms with Crippen LogP contribution in [-0.2, 0) is 16.9 Å². The number of rotatable bonds is 6. The summed E-state index contributed by atoms with van der Waals surface area (Å²) in [6, 6.07) is 17.6. The van der Waals surface area contributed by atoms with Gasteiger partial charge in [0.05, 0.1) is 11.2 Å². The second-order valence-electron chi connectivity index (χ2n) is 7.65. The average molecular weight is 388 g/mol. The number of aromatic nitrogens is 2. The summed E-state index contributed by atoms with van der Waals surface area (Å²) in [6.07, 6.45) is 1.91. The number of carbonyl (C=O) groups excluding carboxylic acids is 2. The molecular formula is C23H24N4O2. The van der Waals surface area contributed by atoms with Crippen LogP contribution in [0.1, 0.15) is 40.2 Å². The number of amides is 2. The van der Waals surface area contributed by atoms with E-state index in [2.05, 4.69) is 22.5 Å². The third-order valence-electron chi connectivity index (χ3n) is 5.55. The molecule has 4 rings (SSSR count). The van der Waals surface area contributed by atoms with Gasteiger partial charge in [-0.3, -0.25) is 14.3 Å². The number of aryl methyl sites for hydroxylation is 1. The summed E-state index contributed by atoms with van der Waals surface area (Å²) in [5.74, 6) is -0.502. The molecule has 6 heteroatoms. The van der Waals surface area contributed by atoms with E-state index in [9.17, 15) is 9.59 Å². The summed E-state index contributed by atoms with van der Waals surface area (Å²) in [6.45, 7) is 3.86. The van der Waals surface area contributed by atoms with Crippen LogP contribution < -0.4 is 11.1 Å². The van der Waals surface area contributed by atoms with Crippen LogP contribution in [0.15, 0.2) is 54.6 Å². The lowest BCUT2D eigenvalue weighted by atomic mass is 10.0. The predicted molar refractivity (Wildman–Crippen MR) is 111 cm³/mol. The van der Waals surface area contributed by atoms with E-state index in [1.807, 2.05) is 56.3 Å². The molecule has 0 saturated heterocycles. The summed E-state index contributed by atoms with van der Waals surface area (Å²) >= 11 is 0. The number of hydrogen-bond donors (Lipinski definition) is 2. The van der Waals surface area contributed by atoms with Crippen molar-refractivity contribution in [1.82, 2.24) is 15.1 Å². The molecule has 1 aliphatic rings. The third kappa shape index (κ3) is 3.66. The van der Waals surface area contributed by atoms with Gasteiger partial charge in [-0.1, -0.05) is 42.5 Å². The Labute approximate surface area is 169 Å². The molecule has 29 heavy (non-hydrogen) atoms. The molecule has 1 saturated carbocycles. The monoisotopic (exact) mass is 388 g/mol. The zero-order chi connectivity index (χ0) is 20.6. The maximum Gasteiger partial charge on any atom is 0.251 e. The molecule has 0 radical (unpaired) electrons. The number of nitrogens with zero attached hydrogens (tertiary/aromatic N) is 2. The van der Waals surface area contributed by atoms with Crippen LogP contribution in [0.5, 0.6) is 0 Å². The Morgan fingerprint density at radius 1 is 1.07 bits per heavy atom. The van der Waals surface area contributed by atoms with Gasteiger partial charge in [0.1, 0.15) is 6.54 Å². The third-order valence-corrected chi connectivity index (χ3v) is 5.55. The van der Waals surface area contributed by atoms with E-state index < -0.39 is 5.91 Å². The zero-order valence-corrected chi connectivity index (χ0v) is 16.6. The van der Waals surface area contributed by atoms with Gasteiger partial charge in [-0.05, 0) is 49.9 Å². The molecule has 6 nitrogen and oxygen atoms in total. The van der Waals surface area contributed by atoms with Gasteiger partial charge in [0.25, 0.3) is 5.91 Å². The van der Waals surface area contributed by atoms with Crippen LogP contribution in [0.2, 0.25) is 0 Å². The summed E-state index contributed by atoms with van der Waals surface area (Å²) in [5.41, 5.74) is 10.4. The molecule has 1 fully saturated rings. The van der Waals surface area contributed by atoms with Crippen LogP contribution in [0.25, 0.3) is 11.1 Å². The molecule has 0 aliphatic heterocycles. The summed E-state index contributed by atoms with van der Waals surface area (Å²) in [4.78, 5) is 24.0. The van der Waals surface area contributed by atoms with Crippen molar-refractivity contribution in [3.63, 3.8) is 0 Å². The first-order chi connectivity index (χ1) is 13.9. The minimum atomic E-state index is -0.429. The molecular weight excluding hydrogens is 364 g/mol. The quantitative estimate of drug-likeness (QED) is 0.680. The minimum Gasteiger partial charge on any atom is -0.368 e. The number of benzene rings is 2. The number of nitrogens with one attached hydrogen (secondary N) is 1. The van der Waals surface area contributed by atoms with Gasteiger partial charge in [0, 0.05) is 16.8 Å². The summed E-state index contributed by atoms with van der Waals surface area (Å²) < 4.78 is 1.62. The van der Waals surface area contributed by atoms with E-state index in [0.717, 1.165) is 40.9 Å². The second-order valence-corrected chi connectivity index (χ2v) is 7.65. The Morgan fingerprint density at radius 3 is 2.31 bits per heavy atom. The normalized spacial score (nSPS) is 14.4. The maximum absolute atomic E-state index is 12.8. The molecule has 0 unspecified atom stereocenters. The van der Waals surface area contributed by atoms with E-state index in [0.29, 0.717) is 5.56 Å². The maximum atomic E-state index is 12.8. The van der Waals surface area contributed by atoms with Gasteiger partial charge >= 0.3 is 0 Å². The summed E-state index contributed by atoms with van der Waals surface area (Å²) in [5, 5.41) is 7.61. The van der Waals surface area contributed by atoms with Crippen LogP contribution in [0.3, 0.4) is 0 Å². The van der Waals surface area contributed by atoms with Crippen molar-refractivity contribution < 1.29 is 9.59 Å². The minimum absolute atomic E-state index is 0.0503.